The number of halogens is 2. The van der Waals surface area contributed by atoms with Crippen molar-refractivity contribution in [2.75, 3.05) is 14.1 Å². The maximum Gasteiger partial charge on any atom is 0.254 e. The van der Waals surface area contributed by atoms with E-state index in [0.29, 0.717) is 12.1 Å². The molecule has 0 aromatic heterocycles. The van der Waals surface area contributed by atoms with E-state index in [2.05, 4.69) is 78.5 Å². The molecule has 2 aliphatic rings. The van der Waals surface area contributed by atoms with Crippen LogP contribution in [0.25, 0.3) is 21.9 Å². The van der Waals surface area contributed by atoms with Crippen molar-refractivity contribution in [1.29, 1.82) is 0 Å². The molecule has 2 N–H and O–H groups in total. The maximum atomic E-state index is 13.5. The minimum absolute atomic E-state index is 0. The lowest BCUT2D eigenvalue weighted by atomic mass is 9.81. The van der Waals surface area contributed by atoms with Crippen LogP contribution in [0.4, 0.5) is 0 Å². The number of nitrogens with two attached hydrogens (primary N) is 1. The van der Waals surface area contributed by atoms with Gasteiger partial charge in [-0.25, -0.2) is 0 Å². The van der Waals surface area contributed by atoms with Gasteiger partial charge in [0, 0.05) is 30.2 Å². The number of hydrogen-bond donors (Lipinski definition) is 1. The van der Waals surface area contributed by atoms with E-state index in [4.69, 9.17) is 5.73 Å². The van der Waals surface area contributed by atoms with Gasteiger partial charge >= 0.3 is 0 Å². The van der Waals surface area contributed by atoms with Crippen molar-refractivity contribution >= 4 is 41.5 Å². The summed E-state index contributed by atoms with van der Waals surface area (Å²) in [6.07, 6.45) is 5.24. The van der Waals surface area contributed by atoms with Crippen LogP contribution in [0.15, 0.2) is 60.7 Å². The van der Waals surface area contributed by atoms with Crippen molar-refractivity contribution in [2.24, 2.45) is 5.73 Å². The summed E-state index contributed by atoms with van der Waals surface area (Å²) in [6, 6.07) is 22.2. The second kappa shape index (κ2) is 11.1. The summed E-state index contributed by atoms with van der Waals surface area (Å²) >= 11 is 0. The molecule has 0 saturated carbocycles. The number of rotatable bonds is 4. The van der Waals surface area contributed by atoms with Crippen molar-refractivity contribution in [3.8, 4) is 11.1 Å². The van der Waals surface area contributed by atoms with Crippen molar-refractivity contribution in [3.63, 3.8) is 0 Å². The molecule has 182 valence electrons. The number of fused-ring (bicyclic) bond motifs is 3. The average molecular weight is 501 g/mol. The second-order valence-electron chi connectivity index (χ2n) is 9.86. The molecule has 2 fully saturated rings. The Morgan fingerprint density at radius 2 is 1.68 bits per heavy atom. The molecule has 1 amide bonds. The topological polar surface area (TPSA) is 49.6 Å². The predicted octanol–water partition coefficient (Wildman–Crippen LogP) is 5.90. The minimum atomic E-state index is 0. The van der Waals surface area contributed by atoms with E-state index in [1.54, 1.807) is 0 Å². The molecule has 0 spiro atoms. The highest BCUT2D eigenvalue weighted by Crippen LogP contribution is 2.36. The lowest BCUT2D eigenvalue weighted by Crippen LogP contribution is -2.57. The van der Waals surface area contributed by atoms with Crippen molar-refractivity contribution in [1.82, 2.24) is 9.80 Å². The normalized spacial score (nSPS) is 21.6. The number of nitrogens with zero attached hydrogens (tertiary/aromatic N) is 2. The molecular formula is C28H35Cl2N3O. The van der Waals surface area contributed by atoms with E-state index in [9.17, 15) is 4.79 Å². The fraction of sp³-hybridized carbons (Fsp3) is 0.393. The lowest BCUT2D eigenvalue weighted by molar-refractivity contribution is 0.0243. The molecule has 4 nitrogen and oxygen atoms in total. The Kier molecular flexibility index (Phi) is 8.64. The van der Waals surface area contributed by atoms with Crippen LogP contribution in [-0.2, 0) is 6.54 Å². The van der Waals surface area contributed by atoms with E-state index in [0.717, 1.165) is 43.2 Å². The SMILES string of the molecule is CN(C)Cc1cccc(-c2cccc3cc(C(=O)N4[C@@H]5CCC[C@H]4CC(N)C5)ccc23)c1.Cl.Cl. The van der Waals surface area contributed by atoms with Gasteiger partial charge in [-0.2, -0.15) is 0 Å². The molecule has 1 unspecified atom stereocenters. The Labute approximate surface area is 215 Å². The van der Waals surface area contributed by atoms with E-state index in [1.165, 1.54) is 28.5 Å². The highest BCUT2D eigenvalue weighted by molar-refractivity contribution is 6.03. The van der Waals surface area contributed by atoms with Gasteiger partial charge in [-0.05, 0) is 91.9 Å². The quantitative estimate of drug-likeness (QED) is 0.486. The van der Waals surface area contributed by atoms with Crippen LogP contribution in [-0.4, -0.2) is 47.9 Å². The van der Waals surface area contributed by atoms with Crippen molar-refractivity contribution < 1.29 is 4.79 Å². The molecule has 34 heavy (non-hydrogen) atoms. The van der Waals surface area contributed by atoms with Gasteiger partial charge in [0.2, 0.25) is 0 Å². The van der Waals surface area contributed by atoms with Crippen LogP contribution in [0.2, 0.25) is 0 Å². The molecule has 2 heterocycles. The van der Waals surface area contributed by atoms with Gasteiger partial charge in [0.15, 0.2) is 0 Å². The molecule has 0 radical (unpaired) electrons. The van der Waals surface area contributed by atoms with Gasteiger partial charge < -0.3 is 15.5 Å². The first-order valence-electron chi connectivity index (χ1n) is 11.8. The van der Waals surface area contributed by atoms with Crippen LogP contribution in [0.1, 0.15) is 48.0 Å². The summed E-state index contributed by atoms with van der Waals surface area (Å²) in [7, 11) is 4.18. The van der Waals surface area contributed by atoms with Crippen molar-refractivity contribution in [3.05, 3.63) is 71.8 Å². The largest absolute Gasteiger partial charge is 0.333 e. The van der Waals surface area contributed by atoms with E-state index < -0.39 is 0 Å². The standard InChI is InChI=1S/C28H33N3O.2ClH/c1-30(2)18-19-6-3-7-20(14-19)26-11-4-8-21-15-22(12-13-27(21)26)28(32)31-24-9-5-10-25(31)17-23(29)16-24;;/h3-4,6-8,11-15,23-25H,5,9-10,16-18,29H2,1-2H3;2*1H/t23?,24-,25+;;. The summed E-state index contributed by atoms with van der Waals surface area (Å²) in [5.74, 6) is 0.173. The highest BCUT2D eigenvalue weighted by atomic mass is 35.5. The Morgan fingerprint density at radius 1 is 0.971 bits per heavy atom. The zero-order valence-electron chi connectivity index (χ0n) is 19.9. The van der Waals surface area contributed by atoms with Gasteiger partial charge in [0.05, 0.1) is 0 Å². The highest BCUT2D eigenvalue weighted by Gasteiger charge is 2.40. The fourth-order valence-corrected chi connectivity index (χ4v) is 5.77. The number of hydrogen-bond acceptors (Lipinski definition) is 3. The summed E-state index contributed by atoms with van der Waals surface area (Å²) in [5, 5.41) is 2.30. The van der Waals surface area contributed by atoms with Gasteiger partial charge in [0.25, 0.3) is 5.91 Å². The molecule has 5 rings (SSSR count). The summed E-state index contributed by atoms with van der Waals surface area (Å²) in [5.41, 5.74) is 10.8. The Morgan fingerprint density at radius 3 is 2.38 bits per heavy atom. The maximum absolute atomic E-state index is 13.5. The number of amides is 1. The van der Waals surface area contributed by atoms with Crippen molar-refractivity contribution in [2.45, 2.75) is 56.8 Å². The third-order valence-corrected chi connectivity index (χ3v) is 7.11. The average Bonchev–Trinajstić information content (AvgIpc) is 2.77. The molecule has 2 aliphatic heterocycles. The number of benzene rings is 3. The number of carbonyl (C=O) groups excluding carboxylic acids is 1. The zero-order valence-corrected chi connectivity index (χ0v) is 21.6. The number of carbonyl (C=O) groups is 1. The minimum Gasteiger partial charge on any atom is -0.333 e. The third-order valence-electron chi connectivity index (χ3n) is 7.11. The molecule has 2 saturated heterocycles. The fourth-order valence-electron chi connectivity index (χ4n) is 5.77. The summed E-state index contributed by atoms with van der Waals surface area (Å²) in [4.78, 5) is 17.9. The molecule has 3 aromatic carbocycles. The van der Waals surface area contributed by atoms with Crippen LogP contribution in [0, 0.1) is 0 Å². The Balaban J connectivity index is 0.00000162. The monoisotopic (exact) mass is 499 g/mol. The first kappa shape index (κ1) is 26.5. The van der Waals surface area contributed by atoms with E-state index in [1.807, 2.05) is 6.07 Å². The van der Waals surface area contributed by atoms with Crippen LogP contribution in [0.5, 0.6) is 0 Å². The lowest BCUT2D eigenvalue weighted by Gasteiger charge is -2.48. The molecule has 2 bridgehead atoms. The van der Waals surface area contributed by atoms with E-state index in [-0.39, 0.29) is 36.8 Å². The molecule has 3 aromatic rings. The molecule has 6 heteroatoms. The molecular weight excluding hydrogens is 465 g/mol. The van der Waals surface area contributed by atoms with Crippen LogP contribution >= 0.6 is 24.8 Å². The smallest absolute Gasteiger partial charge is 0.254 e. The van der Waals surface area contributed by atoms with Gasteiger partial charge in [-0.15, -0.1) is 24.8 Å². The summed E-state index contributed by atoms with van der Waals surface area (Å²) in [6.45, 7) is 0.916. The van der Waals surface area contributed by atoms with Gasteiger partial charge in [-0.3, -0.25) is 4.79 Å². The molecule has 3 atom stereocenters. The van der Waals surface area contributed by atoms with Gasteiger partial charge in [-0.1, -0.05) is 42.5 Å². The first-order chi connectivity index (χ1) is 15.5. The first-order valence-corrected chi connectivity index (χ1v) is 11.8. The Bertz CT molecular complexity index is 1140. The van der Waals surface area contributed by atoms with Crippen LogP contribution in [0.3, 0.4) is 0 Å². The number of piperidine rings is 2. The third kappa shape index (κ3) is 5.26. The molecule has 0 aliphatic carbocycles. The second-order valence-corrected chi connectivity index (χ2v) is 9.86. The van der Waals surface area contributed by atoms with Crippen LogP contribution < -0.4 is 5.73 Å². The van der Waals surface area contributed by atoms with Gasteiger partial charge in [0.1, 0.15) is 0 Å². The summed E-state index contributed by atoms with van der Waals surface area (Å²) < 4.78 is 0. The zero-order chi connectivity index (χ0) is 22.2. The van der Waals surface area contributed by atoms with E-state index >= 15 is 0 Å². The predicted molar refractivity (Wildman–Crippen MR) is 146 cm³/mol. The Hall–Kier alpha value is -2.11.